The number of hydrogen-bond donors (Lipinski definition) is 2. The van der Waals surface area contributed by atoms with Crippen LogP contribution in [0.2, 0.25) is 0 Å². The van der Waals surface area contributed by atoms with Crippen LogP contribution in [0.4, 0.5) is 5.69 Å². The summed E-state index contributed by atoms with van der Waals surface area (Å²) in [6.07, 6.45) is 3.89. The minimum Gasteiger partial charge on any atom is -0.355 e. The molecule has 1 aliphatic rings. The Kier molecular flexibility index (Phi) is 7.59. The number of aromatic nitrogens is 1. The summed E-state index contributed by atoms with van der Waals surface area (Å²) in [6, 6.07) is 9.00. The molecule has 10 heteroatoms. The van der Waals surface area contributed by atoms with Crippen molar-refractivity contribution in [1.82, 2.24) is 20.1 Å². The van der Waals surface area contributed by atoms with Crippen molar-refractivity contribution < 1.29 is 18.0 Å². The third-order valence-corrected chi connectivity index (χ3v) is 6.34. The summed E-state index contributed by atoms with van der Waals surface area (Å²) in [5.41, 5.74) is 0.841. The molecule has 1 aromatic carbocycles. The van der Waals surface area contributed by atoms with Crippen molar-refractivity contribution >= 4 is 27.5 Å². The number of nitrogens with one attached hydrogen (secondary N) is 2. The number of pyridine rings is 1. The van der Waals surface area contributed by atoms with E-state index in [1.165, 1.54) is 36.7 Å². The number of carbonyl (C=O) groups is 2. The molecule has 0 aliphatic carbocycles. The summed E-state index contributed by atoms with van der Waals surface area (Å²) in [5, 5.41) is 2.85. The summed E-state index contributed by atoms with van der Waals surface area (Å²) in [7, 11) is -3.75. The molecule has 9 nitrogen and oxygen atoms in total. The van der Waals surface area contributed by atoms with E-state index in [-0.39, 0.29) is 16.7 Å². The monoisotopic (exact) mass is 445 g/mol. The standard InChI is InChI=1S/C21H27N5O4S/c1-2-9-23-20(27)16-25-12-14-26(15-13-25)21(28)17-3-5-19(6-4-17)31(29,30)24-18-7-10-22-11-8-18/h3-8,10-11H,2,9,12-16H2,1H3,(H,22,24)(H,23,27). The lowest BCUT2D eigenvalue weighted by molar-refractivity contribution is -0.122. The number of hydrogen-bond acceptors (Lipinski definition) is 6. The van der Waals surface area contributed by atoms with Crippen LogP contribution in [0.25, 0.3) is 0 Å². The number of sulfonamides is 1. The molecule has 0 saturated carbocycles. The minimum absolute atomic E-state index is 0.00111. The van der Waals surface area contributed by atoms with Crippen molar-refractivity contribution in [3.05, 3.63) is 54.4 Å². The van der Waals surface area contributed by atoms with Crippen molar-refractivity contribution in [3.63, 3.8) is 0 Å². The van der Waals surface area contributed by atoms with Crippen molar-refractivity contribution in [2.75, 3.05) is 44.0 Å². The molecule has 1 aromatic heterocycles. The van der Waals surface area contributed by atoms with Gasteiger partial charge in [-0.15, -0.1) is 0 Å². The van der Waals surface area contributed by atoms with E-state index in [0.717, 1.165) is 6.42 Å². The van der Waals surface area contributed by atoms with Gasteiger partial charge in [-0.1, -0.05) is 6.92 Å². The van der Waals surface area contributed by atoms with Crippen LogP contribution < -0.4 is 10.0 Å². The molecule has 2 heterocycles. The second kappa shape index (κ2) is 10.4. The van der Waals surface area contributed by atoms with Crippen LogP contribution >= 0.6 is 0 Å². The zero-order chi connectivity index (χ0) is 22.3. The molecule has 0 spiro atoms. The van der Waals surface area contributed by atoms with Gasteiger partial charge in [0.05, 0.1) is 17.1 Å². The fraction of sp³-hybridized carbons (Fsp3) is 0.381. The van der Waals surface area contributed by atoms with Crippen LogP contribution in [0.5, 0.6) is 0 Å². The Balaban J connectivity index is 1.55. The SMILES string of the molecule is CCCNC(=O)CN1CCN(C(=O)c2ccc(S(=O)(=O)Nc3ccncc3)cc2)CC1. The van der Waals surface area contributed by atoms with Gasteiger partial charge < -0.3 is 10.2 Å². The topological polar surface area (TPSA) is 112 Å². The first-order valence-electron chi connectivity index (χ1n) is 10.2. The van der Waals surface area contributed by atoms with Crippen LogP contribution in [0.1, 0.15) is 23.7 Å². The highest BCUT2D eigenvalue weighted by Gasteiger charge is 2.24. The maximum absolute atomic E-state index is 12.8. The van der Waals surface area contributed by atoms with E-state index < -0.39 is 10.0 Å². The number of anilines is 1. The van der Waals surface area contributed by atoms with Crippen LogP contribution in [0, 0.1) is 0 Å². The average molecular weight is 446 g/mol. The third-order valence-electron chi connectivity index (χ3n) is 4.94. The summed E-state index contributed by atoms with van der Waals surface area (Å²) >= 11 is 0. The lowest BCUT2D eigenvalue weighted by atomic mass is 10.2. The second-order valence-electron chi connectivity index (χ2n) is 7.28. The first-order valence-corrected chi connectivity index (χ1v) is 11.7. The fourth-order valence-electron chi connectivity index (χ4n) is 3.23. The highest BCUT2D eigenvalue weighted by Crippen LogP contribution is 2.17. The van der Waals surface area contributed by atoms with Gasteiger partial charge in [-0.3, -0.25) is 24.2 Å². The van der Waals surface area contributed by atoms with Crippen molar-refractivity contribution in [3.8, 4) is 0 Å². The smallest absolute Gasteiger partial charge is 0.261 e. The maximum Gasteiger partial charge on any atom is 0.261 e. The van der Waals surface area contributed by atoms with Gasteiger partial charge in [-0.25, -0.2) is 8.42 Å². The molecule has 0 bridgehead atoms. The predicted octanol–water partition coefficient (Wildman–Crippen LogP) is 1.17. The first-order chi connectivity index (χ1) is 14.9. The maximum atomic E-state index is 12.8. The van der Waals surface area contributed by atoms with Crippen molar-refractivity contribution in [2.24, 2.45) is 0 Å². The highest BCUT2D eigenvalue weighted by atomic mass is 32.2. The average Bonchev–Trinajstić information content (AvgIpc) is 2.78. The van der Waals surface area contributed by atoms with E-state index in [2.05, 4.69) is 15.0 Å². The normalized spacial score (nSPS) is 14.8. The molecule has 166 valence electrons. The van der Waals surface area contributed by atoms with E-state index in [4.69, 9.17) is 0 Å². The quantitative estimate of drug-likeness (QED) is 0.631. The molecule has 3 rings (SSSR count). The Hall–Kier alpha value is -2.98. The molecule has 2 amide bonds. The third kappa shape index (κ3) is 6.25. The number of piperazine rings is 1. The van der Waals surface area contributed by atoms with E-state index in [0.29, 0.717) is 50.5 Å². The predicted molar refractivity (Wildman–Crippen MR) is 117 cm³/mol. The molecule has 2 aromatic rings. The Labute approximate surface area is 182 Å². The summed E-state index contributed by atoms with van der Waals surface area (Å²) in [5.74, 6) is -0.153. The molecule has 1 fully saturated rings. The van der Waals surface area contributed by atoms with E-state index in [1.807, 2.05) is 11.8 Å². The molecule has 1 saturated heterocycles. The van der Waals surface area contributed by atoms with E-state index in [9.17, 15) is 18.0 Å². The van der Waals surface area contributed by atoms with Crippen LogP contribution in [0.3, 0.4) is 0 Å². The van der Waals surface area contributed by atoms with Gasteiger partial charge in [0, 0.05) is 50.7 Å². The molecule has 31 heavy (non-hydrogen) atoms. The molecule has 1 aliphatic heterocycles. The summed E-state index contributed by atoms with van der Waals surface area (Å²) < 4.78 is 27.5. The number of benzene rings is 1. The molecule has 0 unspecified atom stereocenters. The van der Waals surface area contributed by atoms with Crippen LogP contribution in [0.15, 0.2) is 53.7 Å². The Morgan fingerprint density at radius 1 is 1.00 bits per heavy atom. The van der Waals surface area contributed by atoms with Gasteiger partial charge in [-0.2, -0.15) is 0 Å². The van der Waals surface area contributed by atoms with Crippen LogP contribution in [-0.2, 0) is 14.8 Å². The second-order valence-corrected chi connectivity index (χ2v) is 8.97. The van der Waals surface area contributed by atoms with Crippen molar-refractivity contribution in [1.29, 1.82) is 0 Å². The number of nitrogens with zero attached hydrogens (tertiary/aromatic N) is 3. The molecular weight excluding hydrogens is 418 g/mol. The molecule has 0 atom stereocenters. The van der Waals surface area contributed by atoms with E-state index in [1.54, 1.807) is 17.0 Å². The van der Waals surface area contributed by atoms with E-state index >= 15 is 0 Å². The largest absolute Gasteiger partial charge is 0.355 e. The Bertz CT molecular complexity index is 988. The Morgan fingerprint density at radius 2 is 1.65 bits per heavy atom. The van der Waals surface area contributed by atoms with Gasteiger partial charge >= 0.3 is 0 Å². The van der Waals surface area contributed by atoms with Crippen LogP contribution in [-0.4, -0.2) is 74.3 Å². The minimum atomic E-state index is -3.75. The lowest BCUT2D eigenvalue weighted by Gasteiger charge is -2.34. The molecular formula is C21H27N5O4S. The molecule has 0 radical (unpaired) electrons. The highest BCUT2D eigenvalue weighted by molar-refractivity contribution is 7.92. The lowest BCUT2D eigenvalue weighted by Crippen LogP contribution is -2.51. The molecule has 2 N–H and O–H groups in total. The first kappa shape index (κ1) is 22.7. The van der Waals surface area contributed by atoms with Gasteiger partial charge in [0.2, 0.25) is 5.91 Å². The summed E-state index contributed by atoms with van der Waals surface area (Å²) in [6.45, 7) is 5.28. The van der Waals surface area contributed by atoms with Crippen molar-refractivity contribution in [2.45, 2.75) is 18.2 Å². The zero-order valence-corrected chi connectivity index (χ0v) is 18.3. The number of rotatable bonds is 8. The fourth-order valence-corrected chi connectivity index (χ4v) is 4.28. The van der Waals surface area contributed by atoms with Gasteiger partial charge in [0.25, 0.3) is 15.9 Å². The van der Waals surface area contributed by atoms with Gasteiger partial charge in [0.15, 0.2) is 0 Å². The Morgan fingerprint density at radius 3 is 2.26 bits per heavy atom. The number of carbonyl (C=O) groups excluding carboxylic acids is 2. The number of amides is 2. The van der Waals surface area contributed by atoms with Gasteiger partial charge in [-0.05, 0) is 42.8 Å². The summed E-state index contributed by atoms with van der Waals surface area (Å²) in [4.78, 5) is 32.3. The zero-order valence-electron chi connectivity index (χ0n) is 17.5. The van der Waals surface area contributed by atoms with Gasteiger partial charge in [0.1, 0.15) is 0 Å².